The number of aromatic nitrogens is 2. The summed E-state index contributed by atoms with van der Waals surface area (Å²) >= 11 is 8.04. The summed E-state index contributed by atoms with van der Waals surface area (Å²) in [7, 11) is 0. The molecule has 96 valence electrons. The lowest BCUT2D eigenvalue weighted by Gasteiger charge is -2.13. The second-order valence-electron chi connectivity index (χ2n) is 3.77. The number of hydrogen-bond donors (Lipinski definition) is 1. The van der Waals surface area contributed by atoms with Gasteiger partial charge in [0.2, 0.25) is 0 Å². The van der Waals surface area contributed by atoms with Gasteiger partial charge in [0, 0.05) is 16.4 Å². The number of alkyl halides is 3. The number of H-pyrrole nitrogens is 1. The first-order valence-electron chi connectivity index (χ1n) is 4.94. The maximum Gasteiger partial charge on any atom is 0.418 e. The van der Waals surface area contributed by atoms with E-state index in [1.165, 1.54) is 10.6 Å². The third kappa shape index (κ3) is 2.51. The van der Waals surface area contributed by atoms with E-state index in [2.05, 4.69) is 20.9 Å². The molecule has 0 aliphatic carbocycles. The summed E-state index contributed by atoms with van der Waals surface area (Å²) in [6.07, 6.45) is -2.89. The minimum Gasteiger partial charge on any atom is -0.335 e. The van der Waals surface area contributed by atoms with Crippen LogP contribution in [-0.4, -0.2) is 9.55 Å². The van der Waals surface area contributed by atoms with E-state index in [1.54, 1.807) is 19.2 Å². The number of aromatic amines is 1. The first kappa shape index (κ1) is 13.4. The van der Waals surface area contributed by atoms with Crippen molar-refractivity contribution in [3.63, 3.8) is 0 Å². The Morgan fingerprint density at radius 3 is 2.50 bits per heavy atom. The van der Waals surface area contributed by atoms with Gasteiger partial charge in [-0.1, -0.05) is 15.9 Å². The van der Waals surface area contributed by atoms with Gasteiger partial charge in [-0.2, -0.15) is 13.2 Å². The number of rotatable bonds is 1. The van der Waals surface area contributed by atoms with E-state index in [-0.39, 0.29) is 10.5 Å². The molecule has 2 rings (SSSR count). The van der Waals surface area contributed by atoms with Gasteiger partial charge in [0.1, 0.15) is 0 Å². The van der Waals surface area contributed by atoms with Gasteiger partial charge >= 0.3 is 6.18 Å². The fourth-order valence-electron chi connectivity index (χ4n) is 1.64. The highest BCUT2D eigenvalue weighted by Gasteiger charge is 2.34. The molecule has 18 heavy (non-hydrogen) atoms. The minimum absolute atomic E-state index is 0.0139. The van der Waals surface area contributed by atoms with Crippen molar-refractivity contribution in [1.82, 2.24) is 9.55 Å². The third-order valence-corrected chi connectivity index (χ3v) is 3.16. The average Bonchev–Trinajstić information content (AvgIpc) is 2.56. The molecule has 0 saturated heterocycles. The maximum absolute atomic E-state index is 13.0. The van der Waals surface area contributed by atoms with Crippen LogP contribution in [0.1, 0.15) is 11.3 Å². The number of halogens is 4. The van der Waals surface area contributed by atoms with E-state index in [4.69, 9.17) is 12.2 Å². The van der Waals surface area contributed by atoms with Gasteiger partial charge in [0.05, 0.1) is 11.3 Å². The molecule has 0 aliphatic heterocycles. The predicted molar refractivity (Wildman–Crippen MR) is 68.4 cm³/mol. The Hall–Kier alpha value is -1.08. The largest absolute Gasteiger partial charge is 0.418 e. The second-order valence-corrected chi connectivity index (χ2v) is 5.07. The number of nitrogens with zero attached hydrogens (tertiary/aromatic N) is 1. The highest BCUT2D eigenvalue weighted by Crippen LogP contribution is 2.35. The van der Waals surface area contributed by atoms with Crippen molar-refractivity contribution >= 4 is 28.1 Å². The molecule has 1 heterocycles. The van der Waals surface area contributed by atoms with Crippen LogP contribution in [0.2, 0.25) is 0 Å². The molecular weight excluding hydrogens is 329 g/mol. The van der Waals surface area contributed by atoms with Crippen molar-refractivity contribution in [1.29, 1.82) is 0 Å². The first-order chi connectivity index (χ1) is 8.29. The highest BCUT2D eigenvalue weighted by atomic mass is 79.9. The Bertz CT molecular complexity index is 642. The van der Waals surface area contributed by atoms with Crippen molar-refractivity contribution in [2.75, 3.05) is 0 Å². The molecule has 0 saturated carbocycles. The van der Waals surface area contributed by atoms with Gasteiger partial charge in [-0.25, -0.2) is 0 Å². The zero-order chi connectivity index (χ0) is 13.5. The molecule has 0 spiro atoms. The summed E-state index contributed by atoms with van der Waals surface area (Å²) in [5.74, 6) is 0. The number of imidazole rings is 1. The zero-order valence-corrected chi connectivity index (χ0v) is 11.6. The molecular formula is C11H8BrF3N2S. The summed E-state index contributed by atoms with van der Waals surface area (Å²) in [6, 6.07) is 3.98. The smallest absolute Gasteiger partial charge is 0.335 e. The normalized spacial score (nSPS) is 11.8. The highest BCUT2D eigenvalue weighted by molar-refractivity contribution is 9.10. The SMILES string of the molecule is Cc1cn(-c2ccc(Br)cc2C(F)(F)F)c(=S)[nH]1. The van der Waals surface area contributed by atoms with Crippen LogP contribution < -0.4 is 0 Å². The molecule has 0 bridgehead atoms. The molecule has 2 nitrogen and oxygen atoms in total. The Morgan fingerprint density at radius 1 is 1.33 bits per heavy atom. The Morgan fingerprint density at radius 2 is 2.00 bits per heavy atom. The van der Waals surface area contributed by atoms with Crippen LogP contribution in [0.4, 0.5) is 13.2 Å². The molecule has 0 unspecified atom stereocenters. The van der Waals surface area contributed by atoms with Crippen LogP contribution >= 0.6 is 28.1 Å². The second kappa shape index (κ2) is 4.55. The van der Waals surface area contributed by atoms with Gasteiger partial charge in [-0.05, 0) is 37.3 Å². The van der Waals surface area contributed by atoms with Crippen LogP contribution in [0.3, 0.4) is 0 Å². The van der Waals surface area contributed by atoms with Gasteiger partial charge in [-0.3, -0.25) is 4.57 Å². The van der Waals surface area contributed by atoms with Crippen molar-refractivity contribution in [2.45, 2.75) is 13.1 Å². The molecule has 0 fully saturated rings. The fourth-order valence-corrected chi connectivity index (χ4v) is 2.31. The van der Waals surface area contributed by atoms with Crippen molar-refractivity contribution < 1.29 is 13.2 Å². The van der Waals surface area contributed by atoms with E-state index < -0.39 is 11.7 Å². The third-order valence-electron chi connectivity index (χ3n) is 2.37. The lowest BCUT2D eigenvalue weighted by molar-refractivity contribution is -0.137. The summed E-state index contributed by atoms with van der Waals surface area (Å²) in [4.78, 5) is 2.80. The molecule has 2 aromatic rings. The molecule has 1 N–H and O–H groups in total. The van der Waals surface area contributed by atoms with Gasteiger partial charge in [-0.15, -0.1) is 0 Å². The Balaban J connectivity index is 2.72. The van der Waals surface area contributed by atoms with E-state index in [1.807, 2.05) is 0 Å². The molecule has 1 aromatic heterocycles. The van der Waals surface area contributed by atoms with Crippen molar-refractivity contribution in [2.24, 2.45) is 0 Å². The lowest BCUT2D eigenvalue weighted by Crippen LogP contribution is -2.10. The van der Waals surface area contributed by atoms with Crippen LogP contribution in [0.5, 0.6) is 0 Å². The molecule has 0 amide bonds. The van der Waals surface area contributed by atoms with E-state index in [0.29, 0.717) is 10.2 Å². The van der Waals surface area contributed by atoms with Gasteiger partial charge < -0.3 is 4.98 Å². The van der Waals surface area contributed by atoms with Crippen LogP contribution in [0.25, 0.3) is 5.69 Å². The van der Waals surface area contributed by atoms with Crippen LogP contribution in [0, 0.1) is 11.7 Å². The van der Waals surface area contributed by atoms with Gasteiger partial charge in [0.15, 0.2) is 4.77 Å². The minimum atomic E-state index is -4.43. The van der Waals surface area contributed by atoms with Crippen LogP contribution in [0.15, 0.2) is 28.9 Å². The number of aryl methyl sites for hydroxylation is 1. The number of benzene rings is 1. The van der Waals surface area contributed by atoms with E-state index in [9.17, 15) is 13.2 Å². The fraction of sp³-hybridized carbons (Fsp3) is 0.182. The lowest BCUT2D eigenvalue weighted by atomic mass is 10.1. The van der Waals surface area contributed by atoms with E-state index in [0.717, 1.165) is 6.07 Å². The van der Waals surface area contributed by atoms with E-state index >= 15 is 0 Å². The molecule has 0 aliphatic rings. The molecule has 7 heteroatoms. The molecule has 0 radical (unpaired) electrons. The topological polar surface area (TPSA) is 20.7 Å². The predicted octanol–water partition coefficient (Wildman–Crippen LogP) is 4.62. The zero-order valence-electron chi connectivity index (χ0n) is 9.18. The summed E-state index contributed by atoms with van der Waals surface area (Å²) in [6.45, 7) is 1.73. The van der Waals surface area contributed by atoms with Crippen molar-refractivity contribution in [3.8, 4) is 5.69 Å². The number of hydrogen-bond acceptors (Lipinski definition) is 1. The van der Waals surface area contributed by atoms with Gasteiger partial charge in [0.25, 0.3) is 0 Å². The van der Waals surface area contributed by atoms with Crippen LogP contribution in [-0.2, 0) is 6.18 Å². The molecule has 0 atom stereocenters. The summed E-state index contributed by atoms with van der Waals surface area (Å²) in [5, 5.41) is 0. The summed E-state index contributed by atoms with van der Waals surface area (Å²) in [5.41, 5.74) is -0.0110. The number of nitrogens with one attached hydrogen (secondary N) is 1. The Labute approximate surface area is 115 Å². The molecule has 1 aromatic carbocycles. The monoisotopic (exact) mass is 336 g/mol. The first-order valence-corrected chi connectivity index (χ1v) is 6.14. The summed E-state index contributed by atoms with van der Waals surface area (Å²) < 4.78 is 40.9. The average molecular weight is 337 g/mol. The maximum atomic E-state index is 13.0. The quantitative estimate of drug-likeness (QED) is 0.753. The van der Waals surface area contributed by atoms with Crippen molar-refractivity contribution in [3.05, 3.63) is 44.9 Å². The standard InChI is InChI=1S/C11H8BrF3N2S/c1-6-5-17(10(18)16-6)9-3-2-7(12)4-8(9)11(13,14)15/h2-5H,1H3,(H,16,18). The Kier molecular flexibility index (Phi) is 3.37.